The highest BCUT2D eigenvalue weighted by Gasteiger charge is 2.06. The standard InChI is InChI=1S/C13H8FNO/c1-8(16)9-2-3-10-6-13(14)12(7-15)5-11(10)4-9/h2-6H,1H3. The van der Waals surface area contributed by atoms with Crippen LogP contribution in [0.3, 0.4) is 0 Å². The number of ketones is 1. The first-order valence-corrected chi connectivity index (χ1v) is 4.76. The highest BCUT2D eigenvalue weighted by molar-refractivity contribution is 5.98. The number of carbonyl (C=O) groups excluding carboxylic acids is 1. The third-order valence-corrected chi connectivity index (χ3v) is 2.45. The highest BCUT2D eigenvalue weighted by Crippen LogP contribution is 2.20. The zero-order chi connectivity index (χ0) is 11.7. The summed E-state index contributed by atoms with van der Waals surface area (Å²) in [7, 11) is 0. The fraction of sp³-hybridized carbons (Fsp3) is 0.0769. The molecule has 0 N–H and O–H groups in total. The Morgan fingerprint density at radius 2 is 2.00 bits per heavy atom. The van der Waals surface area contributed by atoms with Gasteiger partial charge in [0, 0.05) is 5.56 Å². The average molecular weight is 213 g/mol. The number of nitrogens with zero attached hydrogens (tertiary/aromatic N) is 1. The zero-order valence-electron chi connectivity index (χ0n) is 8.62. The number of rotatable bonds is 1. The molecule has 2 aromatic carbocycles. The van der Waals surface area contributed by atoms with Gasteiger partial charge in [-0.2, -0.15) is 5.26 Å². The van der Waals surface area contributed by atoms with Gasteiger partial charge >= 0.3 is 0 Å². The second-order valence-corrected chi connectivity index (χ2v) is 3.56. The molecule has 2 aromatic rings. The summed E-state index contributed by atoms with van der Waals surface area (Å²) in [5.74, 6) is -0.588. The molecular formula is C13H8FNO. The molecule has 0 aromatic heterocycles. The third-order valence-electron chi connectivity index (χ3n) is 2.45. The van der Waals surface area contributed by atoms with E-state index < -0.39 is 5.82 Å². The first kappa shape index (κ1) is 10.3. The molecule has 0 unspecified atom stereocenters. The quantitative estimate of drug-likeness (QED) is 0.683. The van der Waals surface area contributed by atoms with Crippen LogP contribution >= 0.6 is 0 Å². The number of fused-ring (bicyclic) bond motifs is 1. The van der Waals surface area contributed by atoms with Crippen molar-refractivity contribution in [2.24, 2.45) is 0 Å². The Labute approximate surface area is 91.9 Å². The lowest BCUT2D eigenvalue weighted by Crippen LogP contribution is -1.92. The predicted octanol–water partition coefficient (Wildman–Crippen LogP) is 3.05. The molecule has 78 valence electrons. The number of nitriles is 1. The van der Waals surface area contributed by atoms with Crippen molar-refractivity contribution in [1.29, 1.82) is 5.26 Å². The molecule has 0 amide bonds. The van der Waals surface area contributed by atoms with E-state index in [-0.39, 0.29) is 11.3 Å². The zero-order valence-corrected chi connectivity index (χ0v) is 8.62. The van der Waals surface area contributed by atoms with Gasteiger partial charge in [-0.05, 0) is 35.9 Å². The summed E-state index contributed by atoms with van der Waals surface area (Å²) in [5.41, 5.74) is 0.552. The summed E-state index contributed by atoms with van der Waals surface area (Å²) in [5, 5.41) is 10.1. The van der Waals surface area contributed by atoms with E-state index in [0.717, 1.165) is 0 Å². The molecule has 0 aliphatic rings. The van der Waals surface area contributed by atoms with E-state index >= 15 is 0 Å². The van der Waals surface area contributed by atoms with E-state index in [0.29, 0.717) is 16.3 Å². The van der Waals surface area contributed by atoms with Crippen LogP contribution < -0.4 is 0 Å². The Balaban J connectivity index is 2.74. The lowest BCUT2D eigenvalue weighted by atomic mass is 10.0. The second kappa shape index (κ2) is 3.74. The minimum Gasteiger partial charge on any atom is -0.295 e. The van der Waals surface area contributed by atoms with Crippen LogP contribution in [0, 0.1) is 17.1 Å². The number of hydrogen-bond donors (Lipinski definition) is 0. The third kappa shape index (κ3) is 1.66. The van der Waals surface area contributed by atoms with Crippen LogP contribution in [0.15, 0.2) is 30.3 Å². The molecule has 0 aliphatic heterocycles. The number of Topliss-reactive ketones (excluding diaryl/α,β-unsaturated/α-hetero) is 1. The maximum atomic E-state index is 13.3. The van der Waals surface area contributed by atoms with Crippen LogP contribution in [-0.2, 0) is 0 Å². The minimum atomic E-state index is -0.537. The molecule has 0 saturated carbocycles. The van der Waals surface area contributed by atoms with Crippen molar-refractivity contribution < 1.29 is 9.18 Å². The number of carbonyl (C=O) groups is 1. The van der Waals surface area contributed by atoms with E-state index in [1.54, 1.807) is 24.3 Å². The molecule has 0 spiro atoms. The van der Waals surface area contributed by atoms with Gasteiger partial charge in [-0.15, -0.1) is 0 Å². The van der Waals surface area contributed by atoms with Gasteiger partial charge in [-0.25, -0.2) is 4.39 Å². The summed E-state index contributed by atoms with van der Waals surface area (Å²) in [6, 6.07) is 9.53. The van der Waals surface area contributed by atoms with Gasteiger partial charge < -0.3 is 0 Å². The Hall–Kier alpha value is -2.21. The normalized spacial score (nSPS) is 10.1. The topological polar surface area (TPSA) is 40.9 Å². The van der Waals surface area contributed by atoms with Gasteiger partial charge in [-0.3, -0.25) is 4.79 Å². The first-order valence-electron chi connectivity index (χ1n) is 4.76. The van der Waals surface area contributed by atoms with Crippen LogP contribution in [0.2, 0.25) is 0 Å². The van der Waals surface area contributed by atoms with Crippen LogP contribution in [-0.4, -0.2) is 5.78 Å². The SMILES string of the molecule is CC(=O)c1ccc2cc(F)c(C#N)cc2c1. The Kier molecular flexibility index (Phi) is 2.41. The maximum absolute atomic E-state index is 13.3. The maximum Gasteiger partial charge on any atom is 0.159 e. The summed E-state index contributed by atoms with van der Waals surface area (Å²) in [6.07, 6.45) is 0. The molecule has 0 radical (unpaired) electrons. The van der Waals surface area contributed by atoms with E-state index in [9.17, 15) is 9.18 Å². The molecular weight excluding hydrogens is 205 g/mol. The van der Waals surface area contributed by atoms with Crippen molar-refractivity contribution in [3.8, 4) is 6.07 Å². The van der Waals surface area contributed by atoms with Crippen LogP contribution in [0.1, 0.15) is 22.8 Å². The molecule has 0 heterocycles. The van der Waals surface area contributed by atoms with E-state index in [1.165, 1.54) is 19.1 Å². The highest BCUT2D eigenvalue weighted by atomic mass is 19.1. The van der Waals surface area contributed by atoms with Gasteiger partial charge in [0.05, 0.1) is 5.56 Å². The number of benzene rings is 2. The fourth-order valence-corrected chi connectivity index (χ4v) is 1.57. The molecule has 0 bridgehead atoms. The molecule has 2 rings (SSSR count). The fourth-order valence-electron chi connectivity index (χ4n) is 1.57. The van der Waals surface area contributed by atoms with Crippen molar-refractivity contribution in [2.75, 3.05) is 0 Å². The van der Waals surface area contributed by atoms with Gasteiger partial charge in [0.1, 0.15) is 11.9 Å². The summed E-state index contributed by atoms with van der Waals surface area (Å²) < 4.78 is 13.3. The largest absolute Gasteiger partial charge is 0.295 e. The predicted molar refractivity (Wildman–Crippen MR) is 58.6 cm³/mol. The Morgan fingerprint density at radius 3 is 2.62 bits per heavy atom. The summed E-state index contributed by atoms with van der Waals surface area (Å²) in [4.78, 5) is 11.2. The van der Waals surface area contributed by atoms with Gasteiger partial charge in [0.25, 0.3) is 0 Å². The Morgan fingerprint density at radius 1 is 1.25 bits per heavy atom. The number of halogens is 1. The van der Waals surface area contributed by atoms with E-state index in [4.69, 9.17) is 5.26 Å². The monoisotopic (exact) mass is 213 g/mol. The van der Waals surface area contributed by atoms with Gasteiger partial charge in [0.2, 0.25) is 0 Å². The summed E-state index contributed by atoms with van der Waals surface area (Å²) in [6.45, 7) is 1.47. The van der Waals surface area contributed by atoms with Crippen molar-refractivity contribution in [3.63, 3.8) is 0 Å². The van der Waals surface area contributed by atoms with Gasteiger partial charge in [0.15, 0.2) is 5.78 Å². The van der Waals surface area contributed by atoms with Crippen molar-refractivity contribution in [1.82, 2.24) is 0 Å². The van der Waals surface area contributed by atoms with Crippen LogP contribution in [0.4, 0.5) is 4.39 Å². The van der Waals surface area contributed by atoms with Crippen molar-refractivity contribution in [3.05, 3.63) is 47.3 Å². The minimum absolute atomic E-state index is 0.00629. The number of hydrogen-bond acceptors (Lipinski definition) is 2. The molecule has 2 nitrogen and oxygen atoms in total. The molecule has 0 saturated heterocycles. The molecule has 3 heteroatoms. The van der Waals surface area contributed by atoms with Crippen LogP contribution in [0.5, 0.6) is 0 Å². The van der Waals surface area contributed by atoms with Gasteiger partial charge in [-0.1, -0.05) is 12.1 Å². The van der Waals surface area contributed by atoms with E-state index in [2.05, 4.69) is 0 Å². The smallest absolute Gasteiger partial charge is 0.159 e. The molecule has 0 aliphatic carbocycles. The van der Waals surface area contributed by atoms with Crippen LogP contribution in [0.25, 0.3) is 10.8 Å². The van der Waals surface area contributed by atoms with Crippen molar-refractivity contribution >= 4 is 16.6 Å². The lowest BCUT2D eigenvalue weighted by molar-refractivity contribution is 0.101. The molecule has 0 fully saturated rings. The molecule has 0 atom stereocenters. The Bertz CT molecular complexity index is 626. The lowest BCUT2D eigenvalue weighted by Gasteiger charge is -2.02. The van der Waals surface area contributed by atoms with E-state index in [1.807, 2.05) is 0 Å². The second-order valence-electron chi connectivity index (χ2n) is 3.56. The molecule has 16 heavy (non-hydrogen) atoms. The first-order chi connectivity index (χ1) is 7.61. The van der Waals surface area contributed by atoms with Crippen molar-refractivity contribution in [2.45, 2.75) is 6.92 Å². The average Bonchev–Trinajstić information content (AvgIpc) is 2.27. The summed E-state index contributed by atoms with van der Waals surface area (Å²) >= 11 is 0.